The molecule has 2 rings (SSSR count). The number of nitrogens with zero attached hydrogens (tertiary/aromatic N) is 1. The van der Waals surface area contributed by atoms with Crippen LogP contribution >= 0.6 is 11.8 Å². The van der Waals surface area contributed by atoms with E-state index in [4.69, 9.17) is 5.11 Å². The third-order valence-corrected chi connectivity index (χ3v) is 3.33. The summed E-state index contributed by atoms with van der Waals surface area (Å²) in [7, 11) is 0. The number of aromatic amines is 1. The highest BCUT2D eigenvalue weighted by Gasteiger charge is 2.17. The lowest BCUT2D eigenvalue weighted by molar-refractivity contribution is 0.267. The summed E-state index contributed by atoms with van der Waals surface area (Å²) >= 11 is 1.62. The molecule has 13 heavy (non-hydrogen) atoms. The van der Waals surface area contributed by atoms with Gasteiger partial charge in [0.25, 0.3) is 5.56 Å². The first kappa shape index (κ1) is 8.90. The molecule has 0 fully saturated rings. The van der Waals surface area contributed by atoms with Crippen molar-refractivity contribution >= 4 is 11.8 Å². The largest absolute Gasteiger partial charge is 0.394 e. The molecule has 0 aliphatic carbocycles. The summed E-state index contributed by atoms with van der Waals surface area (Å²) in [6.07, 6.45) is 2.08. The molecule has 5 heteroatoms. The van der Waals surface area contributed by atoms with E-state index in [9.17, 15) is 4.79 Å². The Morgan fingerprint density at radius 3 is 3.15 bits per heavy atom. The lowest BCUT2D eigenvalue weighted by Gasteiger charge is -2.06. The van der Waals surface area contributed by atoms with Gasteiger partial charge in [-0.2, -0.15) is 0 Å². The van der Waals surface area contributed by atoms with Crippen molar-refractivity contribution in [3.63, 3.8) is 0 Å². The van der Waals surface area contributed by atoms with E-state index in [2.05, 4.69) is 5.10 Å². The standard InChI is InChI=1S/C8H12N2O2S/c11-4-3-10-8(12)7-6(9-10)2-1-5-13-7/h9,11H,1-5H2. The molecule has 0 radical (unpaired) electrons. The molecule has 1 aliphatic heterocycles. The second-order valence-corrected chi connectivity index (χ2v) is 4.16. The van der Waals surface area contributed by atoms with Gasteiger partial charge in [-0.25, -0.2) is 4.68 Å². The molecule has 0 saturated heterocycles. The molecule has 72 valence electrons. The molecule has 0 amide bonds. The van der Waals surface area contributed by atoms with Crippen molar-refractivity contribution in [3.05, 3.63) is 16.0 Å². The topological polar surface area (TPSA) is 58.0 Å². The summed E-state index contributed by atoms with van der Waals surface area (Å²) in [5.74, 6) is 1.03. The van der Waals surface area contributed by atoms with Crippen molar-refractivity contribution in [1.82, 2.24) is 9.78 Å². The van der Waals surface area contributed by atoms with Crippen molar-refractivity contribution in [3.8, 4) is 0 Å². The van der Waals surface area contributed by atoms with Crippen LogP contribution in [0.15, 0.2) is 9.69 Å². The zero-order valence-corrected chi connectivity index (χ0v) is 8.06. The molecular formula is C8H12N2O2S. The highest BCUT2D eigenvalue weighted by atomic mass is 32.2. The summed E-state index contributed by atoms with van der Waals surface area (Å²) < 4.78 is 1.49. The van der Waals surface area contributed by atoms with Crippen LogP contribution in [-0.4, -0.2) is 27.2 Å². The number of rotatable bonds is 2. The van der Waals surface area contributed by atoms with Gasteiger partial charge in [0.1, 0.15) is 0 Å². The van der Waals surface area contributed by atoms with E-state index in [0.717, 1.165) is 29.2 Å². The van der Waals surface area contributed by atoms with Crippen molar-refractivity contribution in [2.24, 2.45) is 0 Å². The lowest BCUT2D eigenvalue weighted by Crippen LogP contribution is -2.19. The van der Waals surface area contributed by atoms with Crippen LogP contribution in [0.25, 0.3) is 0 Å². The molecular weight excluding hydrogens is 188 g/mol. The predicted molar refractivity (Wildman–Crippen MR) is 51.2 cm³/mol. The molecule has 0 spiro atoms. The van der Waals surface area contributed by atoms with Crippen LogP contribution in [0, 0.1) is 0 Å². The SMILES string of the molecule is O=c1c2c([nH]n1CCO)CCCS2. The van der Waals surface area contributed by atoms with Gasteiger partial charge in [-0.05, 0) is 18.6 Å². The minimum absolute atomic E-state index is 0.00394. The number of hydrogen-bond acceptors (Lipinski definition) is 3. The smallest absolute Gasteiger partial charge is 0.280 e. The number of aryl methyl sites for hydroxylation is 1. The fourth-order valence-corrected chi connectivity index (χ4v) is 2.56. The monoisotopic (exact) mass is 200 g/mol. The summed E-state index contributed by atoms with van der Waals surface area (Å²) in [6, 6.07) is 0. The van der Waals surface area contributed by atoms with Gasteiger partial charge in [0.2, 0.25) is 0 Å². The van der Waals surface area contributed by atoms with Crippen molar-refractivity contribution < 1.29 is 5.11 Å². The Bertz CT molecular complexity index is 356. The minimum Gasteiger partial charge on any atom is -0.394 e. The van der Waals surface area contributed by atoms with Crippen LogP contribution in [0.4, 0.5) is 0 Å². The summed E-state index contributed by atoms with van der Waals surface area (Å²) in [5.41, 5.74) is 1.06. The molecule has 1 aromatic rings. The van der Waals surface area contributed by atoms with Crippen molar-refractivity contribution in [1.29, 1.82) is 0 Å². The molecule has 1 aromatic heterocycles. The lowest BCUT2D eigenvalue weighted by atomic mass is 10.2. The van der Waals surface area contributed by atoms with Gasteiger partial charge in [-0.15, -0.1) is 11.8 Å². The van der Waals surface area contributed by atoms with Gasteiger partial charge < -0.3 is 5.11 Å². The molecule has 1 aliphatic rings. The van der Waals surface area contributed by atoms with Gasteiger partial charge in [0, 0.05) is 0 Å². The number of thioether (sulfide) groups is 1. The average Bonchev–Trinajstić information content (AvgIpc) is 2.46. The Morgan fingerprint density at radius 1 is 1.62 bits per heavy atom. The van der Waals surface area contributed by atoms with Crippen molar-refractivity contribution in [2.45, 2.75) is 24.3 Å². The highest BCUT2D eigenvalue weighted by Crippen LogP contribution is 2.25. The maximum atomic E-state index is 11.6. The second-order valence-electron chi connectivity index (χ2n) is 3.05. The first-order valence-electron chi connectivity index (χ1n) is 4.38. The maximum Gasteiger partial charge on any atom is 0.280 e. The van der Waals surface area contributed by atoms with Crippen molar-refractivity contribution in [2.75, 3.05) is 12.4 Å². The summed E-state index contributed by atoms with van der Waals surface area (Å²) in [6.45, 7) is 0.371. The number of aromatic nitrogens is 2. The van der Waals surface area contributed by atoms with E-state index in [0.29, 0.717) is 6.54 Å². The van der Waals surface area contributed by atoms with E-state index >= 15 is 0 Å². The molecule has 0 aromatic carbocycles. The zero-order chi connectivity index (χ0) is 9.26. The van der Waals surface area contributed by atoms with E-state index in [1.807, 2.05) is 0 Å². The molecule has 2 heterocycles. The second kappa shape index (κ2) is 3.59. The van der Waals surface area contributed by atoms with Crippen LogP contribution in [0.5, 0.6) is 0 Å². The van der Waals surface area contributed by atoms with E-state index < -0.39 is 0 Å². The Balaban J connectivity index is 2.39. The third-order valence-electron chi connectivity index (χ3n) is 2.12. The molecule has 4 nitrogen and oxygen atoms in total. The zero-order valence-electron chi connectivity index (χ0n) is 7.25. The Kier molecular flexibility index (Phi) is 2.46. The van der Waals surface area contributed by atoms with Crippen LogP contribution in [-0.2, 0) is 13.0 Å². The van der Waals surface area contributed by atoms with Gasteiger partial charge in [-0.1, -0.05) is 0 Å². The first-order chi connectivity index (χ1) is 6.33. The predicted octanol–water partition coefficient (Wildman–Crippen LogP) is 0.207. The van der Waals surface area contributed by atoms with Gasteiger partial charge in [-0.3, -0.25) is 9.89 Å². The number of aliphatic hydroxyl groups is 1. The van der Waals surface area contributed by atoms with Gasteiger partial charge >= 0.3 is 0 Å². The van der Waals surface area contributed by atoms with Gasteiger partial charge in [0.15, 0.2) is 0 Å². The summed E-state index contributed by atoms with van der Waals surface area (Å²) in [4.78, 5) is 12.5. The average molecular weight is 200 g/mol. The molecule has 0 bridgehead atoms. The van der Waals surface area contributed by atoms with E-state index in [1.165, 1.54) is 4.68 Å². The molecule has 0 saturated carbocycles. The number of fused-ring (bicyclic) bond motifs is 1. The summed E-state index contributed by atoms with van der Waals surface area (Å²) in [5, 5.41) is 11.7. The minimum atomic E-state index is 0.00394. The van der Waals surface area contributed by atoms with Gasteiger partial charge in [0.05, 0.1) is 23.7 Å². The Labute approximate surface area is 79.9 Å². The number of aliphatic hydroxyl groups excluding tert-OH is 1. The fraction of sp³-hybridized carbons (Fsp3) is 0.625. The maximum absolute atomic E-state index is 11.6. The number of H-pyrrole nitrogens is 1. The fourth-order valence-electron chi connectivity index (χ4n) is 1.52. The normalized spacial score (nSPS) is 15.8. The number of hydrogen-bond donors (Lipinski definition) is 2. The quantitative estimate of drug-likeness (QED) is 0.717. The van der Waals surface area contributed by atoms with Crippen LogP contribution in [0.3, 0.4) is 0 Å². The molecule has 0 unspecified atom stereocenters. The van der Waals surface area contributed by atoms with Crippen LogP contribution in [0.2, 0.25) is 0 Å². The third kappa shape index (κ3) is 1.53. The Hall–Kier alpha value is -0.680. The number of nitrogens with one attached hydrogen (secondary N) is 1. The van der Waals surface area contributed by atoms with E-state index in [1.54, 1.807) is 11.8 Å². The van der Waals surface area contributed by atoms with E-state index in [-0.39, 0.29) is 12.2 Å². The Morgan fingerprint density at radius 2 is 2.46 bits per heavy atom. The molecule has 0 atom stereocenters. The van der Waals surface area contributed by atoms with Crippen LogP contribution < -0.4 is 5.56 Å². The van der Waals surface area contributed by atoms with Crippen LogP contribution in [0.1, 0.15) is 12.1 Å². The molecule has 2 N–H and O–H groups in total. The highest BCUT2D eigenvalue weighted by molar-refractivity contribution is 7.99. The first-order valence-corrected chi connectivity index (χ1v) is 5.37.